The lowest BCUT2D eigenvalue weighted by Crippen LogP contribution is -2.35. The van der Waals surface area contributed by atoms with Crippen LogP contribution < -0.4 is 5.73 Å². The molecule has 4 atom stereocenters. The first-order valence-corrected chi connectivity index (χ1v) is 8.14. The van der Waals surface area contributed by atoms with E-state index >= 15 is 0 Å². The quantitative estimate of drug-likeness (QED) is 0.864. The van der Waals surface area contributed by atoms with E-state index in [1.54, 1.807) is 0 Å². The highest BCUT2D eigenvalue weighted by atomic mass is 16.5. The van der Waals surface area contributed by atoms with Crippen LogP contribution in [0.5, 0.6) is 0 Å². The van der Waals surface area contributed by atoms with E-state index in [9.17, 15) is 4.79 Å². The summed E-state index contributed by atoms with van der Waals surface area (Å²) in [6, 6.07) is 9.98. The van der Waals surface area contributed by atoms with Crippen LogP contribution in [-0.4, -0.2) is 18.1 Å². The molecule has 1 aromatic rings. The average Bonchev–Trinajstić information content (AvgIpc) is 2.52. The van der Waals surface area contributed by atoms with Gasteiger partial charge in [0.15, 0.2) is 0 Å². The van der Waals surface area contributed by atoms with Crippen LogP contribution in [0.4, 0.5) is 0 Å². The second-order valence-electron chi connectivity index (χ2n) is 6.16. The number of nitrogens with two attached hydrogens (primary N) is 1. The molecule has 3 heteroatoms. The molecule has 0 radical (unpaired) electrons. The minimum absolute atomic E-state index is 0.124. The molecule has 0 unspecified atom stereocenters. The summed E-state index contributed by atoms with van der Waals surface area (Å²) in [6.45, 7) is 4.23. The molecule has 0 aromatic heterocycles. The van der Waals surface area contributed by atoms with Crippen molar-refractivity contribution >= 4 is 5.97 Å². The van der Waals surface area contributed by atoms with Crippen LogP contribution in [0.3, 0.4) is 0 Å². The lowest BCUT2D eigenvalue weighted by atomic mass is 9.77. The van der Waals surface area contributed by atoms with Gasteiger partial charge in [0.2, 0.25) is 0 Å². The van der Waals surface area contributed by atoms with Gasteiger partial charge in [-0.1, -0.05) is 50.1 Å². The van der Waals surface area contributed by atoms with Gasteiger partial charge in [0.05, 0.1) is 0 Å². The van der Waals surface area contributed by atoms with Crippen LogP contribution in [-0.2, 0) is 9.53 Å². The van der Waals surface area contributed by atoms with E-state index in [0.29, 0.717) is 5.92 Å². The number of ether oxygens (including phenoxy) is 1. The molecule has 1 saturated heterocycles. The van der Waals surface area contributed by atoms with Crippen molar-refractivity contribution in [2.45, 2.75) is 64.0 Å². The Morgan fingerprint density at radius 1 is 1.24 bits per heavy atom. The third kappa shape index (κ3) is 4.07. The molecule has 1 fully saturated rings. The number of cyclic esters (lactones) is 1. The first-order valence-electron chi connectivity index (χ1n) is 8.14. The highest BCUT2D eigenvalue weighted by molar-refractivity contribution is 5.75. The highest BCUT2D eigenvalue weighted by Crippen LogP contribution is 2.37. The van der Waals surface area contributed by atoms with Gasteiger partial charge >= 0.3 is 5.97 Å². The summed E-state index contributed by atoms with van der Waals surface area (Å²) in [4.78, 5) is 12.0. The summed E-state index contributed by atoms with van der Waals surface area (Å²) in [5.41, 5.74) is 7.18. The maximum absolute atomic E-state index is 12.0. The van der Waals surface area contributed by atoms with E-state index < -0.39 is 6.04 Å². The number of hydrogen-bond donors (Lipinski definition) is 1. The summed E-state index contributed by atoms with van der Waals surface area (Å²) < 4.78 is 5.66. The average molecular weight is 289 g/mol. The number of esters is 1. The number of rotatable bonds is 3. The molecule has 0 amide bonds. The molecular weight excluding hydrogens is 262 g/mol. The molecule has 21 heavy (non-hydrogen) atoms. The molecule has 0 aliphatic carbocycles. The zero-order chi connectivity index (χ0) is 15.2. The predicted molar refractivity (Wildman–Crippen MR) is 85.0 cm³/mol. The Labute approximate surface area is 127 Å². The van der Waals surface area contributed by atoms with Crippen molar-refractivity contribution in [3.05, 3.63) is 35.9 Å². The van der Waals surface area contributed by atoms with Crippen molar-refractivity contribution < 1.29 is 9.53 Å². The smallest absolute Gasteiger partial charge is 0.323 e. The molecule has 2 rings (SSSR count). The number of benzene rings is 1. The number of carbonyl (C=O) groups excluding carboxylic acids is 1. The Morgan fingerprint density at radius 3 is 2.62 bits per heavy atom. The van der Waals surface area contributed by atoms with Gasteiger partial charge in [-0.3, -0.25) is 4.79 Å². The van der Waals surface area contributed by atoms with Gasteiger partial charge in [0.25, 0.3) is 0 Å². The Kier molecular flexibility index (Phi) is 5.80. The van der Waals surface area contributed by atoms with E-state index in [2.05, 4.69) is 31.2 Å². The topological polar surface area (TPSA) is 52.3 Å². The lowest BCUT2D eigenvalue weighted by molar-refractivity contribution is -0.151. The van der Waals surface area contributed by atoms with E-state index in [1.165, 1.54) is 5.56 Å². The van der Waals surface area contributed by atoms with E-state index in [1.807, 2.05) is 13.0 Å². The molecule has 3 nitrogen and oxygen atoms in total. The van der Waals surface area contributed by atoms with E-state index in [4.69, 9.17) is 10.5 Å². The van der Waals surface area contributed by atoms with Crippen molar-refractivity contribution in [1.82, 2.24) is 0 Å². The van der Waals surface area contributed by atoms with E-state index in [-0.39, 0.29) is 18.0 Å². The first-order chi connectivity index (χ1) is 10.1. The van der Waals surface area contributed by atoms with Crippen LogP contribution in [0.15, 0.2) is 30.3 Å². The van der Waals surface area contributed by atoms with Gasteiger partial charge in [0, 0.05) is 5.92 Å². The van der Waals surface area contributed by atoms with Gasteiger partial charge in [-0.25, -0.2) is 0 Å². The fourth-order valence-corrected chi connectivity index (χ4v) is 3.54. The second kappa shape index (κ2) is 7.60. The molecule has 116 valence electrons. The summed E-state index contributed by atoms with van der Waals surface area (Å²) >= 11 is 0. The number of hydrogen-bond acceptors (Lipinski definition) is 3. The Hall–Kier alpha value is -1.35. The fraction of sp³-hybridized carbons (Fsp3) is 0.611. The minimum Gasteiger partial charge on any atom is -0.461 e. The summed E-state index contributed by atoms with van der Waals surface area (Å²) in [5, 5.41) is 0. The third-order valence-electron chi connectivity index (χ3n) is 4.55. The molecule has 1 heterocycles. The third-order valence-corrected chi connectivity index (χ3v) is 4.55. The van der Waals surface area contributed by atoms with Gasteiger partial charge in [-0.2, -0.15) is 0 Å². The lowest BCUT2D eigenvalue weighted by Gasteiger charge is -2.31. The van der Waals surface area contributed by atoms with Crippen LogP contribution in [0.25, 0.3) is 0 Å². The largest absolute Gasteiger partial charge is 0.461 e. The first kappa shape index (κ1) is 16.0. The van der Waals surface area contributed by atoms with Crippen LogP contribution in [0.1, 0.15) is 57.4 Å². The van der Waals surface area contributed by atoms with Crippen LogP contribution in [0, 0.1) is 5.92 Å². The monoisotopic (exact) mass is 289 g/mol. The summed E-state index contributed by atoms with van der Waals surface area (Å²) in [5.74, 6) is 0.562. The van der Waals surface area contributed by atoms with Crippen LogP contribution in [0.2, 0.25) is 0 Å². The van der Waals surface area contributed by atoms with Gasteiger partial charge in [0.1, 0.15) is 12.1 Å². The highest BCUT2D eigenvalue weighted by Gasteiger charge is 2.32. The minimum atomic E-state index is -0.468. The second-order valence-corrected chi connectivity index (χ2v) is 6.16. The molecular formula is C18H27NO2. The Balaban J connectivity index is 2.30. The maximum Gasteiger partial charge on any atom is 0.323 e. The normalized spacial score (nSPS) is 30.9. The summed E-state index contributed by atoms with van der Waals surface area (Å²) in [6.07, 6.45) is 5.03. The van der Waals surface area contributed by atoms with Crippen molar-refractivity contribution in [2.24, 2.45) is 11.7 Å². The SMILES string of the molecule is CCC[C@H]1CCC[C@H](N)C(=O)O[C@@H](C)[C@@H]1c1ccccc1. The van der Waals surface area contributed by atoms with Gasteiger partial charge in [-0.05, 0) is 37.7 Å². The zero-order valence-corrected chi connectivity index (χ0v) is 13.1. The Bertz CT molecular complexity index is 446. The molecule has 0 saturated carbocycles. The van der Waals surface area contributed by atoms with Crippen molar-refractivity contribution in [3.8, 4) is 0 Å². The van der Waals surface area contributed by atoms with Crippen molar-refractivity contribution in [2.75, 3.05) is 0 Å². The van der Waals surface area contributed by atoms with E-state index in [0.717, 1.165) is 32.1 Å². The van der Waals surface area contributed by atoms with Crippen LogP contribution >= 0.6 is 0 Å². The fourth-order valence-electron chi connectivity index (χ4n) is 3.54. The van der Waals surface area contributed by atoms with Gasteiger partial charge < -0.3 is 10.5 Å². The van der Waals surface area contributed by atoms with Gasteiger partial charge in [-0.15, -0.1) is 0 Å². The number of carbonyl (C=O) groups is 1. The molecule has 1 aromatic carbocycles. The summed E-state index contributed by atoms with van der Waals surface area (Å²) in [7, 11) is 0. The molecule has 0 spiro atoms. The van der Waals surface area contributed by atoms with Crippen molar-refractivity contribution in [3.63, 3.8) is 0 Å². The maximum atomic E-state index is 12.0. The Morgan fingerprint density at radius 2 is 1.95 bits per heavy atom. The molecule has 1 aliphatic rings. The molecule has 1 aliphatic heterocycles. The standard InChI is InChI=1S/C18H27NO2/c1-3-8-14-11-7-12-16(19)18(20)21-13(2)17(14)15-9-5-4-6-10-15/h4-6,9-10,13-14,16-17H,3,7-8,11-12,19H2,1-2H3/t13-,14-,16-,17-/m0/s1. The molecule has 2 N–H and O–H groups in total. The van der Waals surface area contributed by atoms with Crippen molar-refractivity contribution in [1.29, 1.82) is 0 Å². The molecule has 0 bridgehead atoms. The predicted octanol–water partition coefficient (Wildman–Crippen LogP) is 3.63. The zero-order valence-electron chi connectivity index (χ0n) is 13.1.